The number of nitrogens with zero attached hydrogens (tertiary/aromatic N) is 2. The predicted molar refractivity (Wildman–Crippen MR) is 106 cm³/mol. The lowest BCUT2D eigenvalue weighted by Crippen LogP contribution is -2.19. The number of hydrogen-bond donors (Lipinski definition) is 1. The average Bonchev–Trinajstić information content (AvgIpc) is 2.99. The van der Waals surface area contributed by atoms with Gasteiger partial charge in [0.15, 0.2) is 9.91 Å². The smallest absolute Gasteiger partial charge is 0.199 e. The monoisotopic (exact) mass is 373 g/mol. The first-order chi connectivity index (χ1) is 11.6. The minimum Gasteiger partial charge on any atom is -0.331 e. The Kier molecular flexibility index (Phi) is 5.45. The fourth-order valence-electron chi connectivity index (χ4n) is 2.19. The summed E-state index contributed by atoms with van der Waals surface area (Å²) < 4.78 is 2.04. The zero-order chi connectivity index (χ0) is 16.9. The van der Waals surface area contributed by atoms with Crippen molar-refractivity contribution in [3.63, 3.8) is 0 Å². The molecular formula is C18H16ClN3S2. The Hall–Kier alpha value is -1.95. The second kappa shape index (κ2) is 7.75. The van der Waals surface area contributed by atoms with Crippen molar-refractivity contribution < 1.29 is 0 Å². The van der Waals surface area contributed by atoms with Crippen molar-refractivity contribution in [2.24, 2.45) is 4.99 Å². The standard InChI is InChI=1S/C18H16ClN3S2/c1-13-6-8-15(9-7-13)20-17(23)21-18-22(10-11-24-18)12-14-4-2-3-5-16(14)19/h2-11H,12H2,1H3,(H,20,23)/b21-18+. The van der Waals surface area contributed by atoms with Crippen LogP contribution in [0.5, 0.6) is 0 Å². The number of hydrogen-bond acceptors (Lipinski definition) is 2. The lowest BCUT2D eigenvalue weighted by atomic mass is 10.2. The molecule has 0 amide bonds. The molecule has 0 aliphatic heterocycles. The van der Waals surface area contributed by atoms with Gasteiger partial charge < -0.3 is 9.88 Å². The summed E-state index contributed by atoms with van der Waals surface area (Å²) in [5.74, 6) is 0. The zero-order valence-electron chi connectivity index (χ0n) is 13.1. The van der Waals surface area contributed by atoms with Crippen molar-refractivity contribution in [2.75, 3.05) is 5.32 Å². The highest BCUT2D eigenvalue weighted by atomic mass is 35.5. The van der Waals surface area contributed by atoms with Gasteiger partial charge in [0.2, 0.25) is 0 Å². The van der Waals surface area contributed by atoms with Gasteiger partial charge in [-0.3, -0.25) is 0 Å². The molecule has 0 aliphatic carbocycles. The van der Waals surface area contributed by atoms with E-state index in [1.807, 2.05) is 64.7 Å². The minimum atomic E-state index is 0.439. The van der Waals surface area contributed by atoms with E-state index in [2.05, 4.69) is 17.2 Å². The number of aromatic nitrogens is 1. The highest BCUT2D eigenvalue weighted by Gasteiger charge is 2.03. The summed E-state index contributed by atoms with van der Waals surface area (Å²) in [4.78, 5) is 5.35. The number of aryl methyl sites for hydroxylation is 1. The van der Waals surface area contributed by atoms with Crippen LogP contribution in [0.2, 0.25) is 5.02 Å². The molecule has 0 aliphatic rings. The van der Waals surface area contributed by atoms with Crippen molar-refractivity contribution in [2.45, 2.75) is 13.5 Å². The van der Waals surface area contributed by atoms with Crippen molar-refractivity contribution in [1.29, 1.82) is 0 Å². The molecule has 6 heteroatoms. The second-order valence-electron chi connectivity index (χ2n) is 5.31. The highest BCUT2D eigenvalue weighted by Crippen LogP contribution is 2.15. The molecule has 24 heavy (non-hydrogen) atoms. The average molecular weight is 374 g/mol. The number of halogens is 1. The molecule has 0 bridgehead atoms. The molecule has 0 saturated heterocycles. The highest BCUT2D eigenvalue weighted by molar-refractivity contribution is 7.80. The molecule has 2 aromatic carbocycles. The Morgan fingerprint density at radius 3 is 2.71 bits per heavy atom. The molecule has 0 unspecified atom stereocenters. The number of nitrogens with one attached hydrogen (secondary N) is 1. The molecule has 122 valence electrons. The fraction of sp³-hybridized carbons (Fsp3) is 0.111. The minimum absolute atomic E-state index is 0.439. The molecule has 0 fully saturated rings. The van der Waals surface area contributed by atoms with Gasteiger partial charge in [-0.15, -0.1) is 11.3 Å². The summed E-state index contributed by atoms with van der Waals surface area (Å²) in [5.41, 5.74) is 3.19. The molecule has 3 aromatic rings. The maximum absolute atomic E-state index is 6.24. The molecule has 0 spiro atoms. The van der Waals surface area contributed by atoms with Crippen LogP contribution in [0.25, 0.3) is 0 Å². The Balaban J connectivity index is 1.78. The van der Waals surface area contributed by atoms with E-state index in [9.17, 15) is 0 Å². The maximum atomic E-state index is 6.24. The van der Waals surface area contributed by atoms with Gasteiger partial charge in [0.1, 0.15) is 0 Å². The third-order valence-corrected chi connectivity index (χ3v) is 4.81. The summed E-state index contributed by atoms with van der Waals surface area (Å²) in [5, 5.41) is 6.32. The van der Waals surface area contributed by atoms with Gasteiger partial charge in [-0.25, -0.2) is 0 Å². The maximum Gasteiger partial charge on any atom is 0.199 e. The van der Waals surface area contributed by atoms with Crippen LogP contribution in [0.15, 0.2) is 65.1 Å². The largest absolute Gasteiger partial charge is 0.331 e. The summed E-state index contributed by atoms with van der Waals surface area (Å²) in [6, 6.07) is 15.9. The lowest BCUT2D eigenvalue weighted by Gasteiger charge is -2.06. The SMILES string of the molecule is Cc1ccc(NC(=S)/N=c2/sccn2Cc2ccccc2Cl)cc1. The molecule has 0 saturated carbocycles. The van der Waals surface area contributed by atoms with Crippen molar-refractivity contribution in [1.82, 2.24) is 4.57 Å². The summed E-state index contributed by atoms with van der Waals surface area (Å²) in [7, 11) is 0. The van der Waals surface area contributed by atoms with Gasteiger partial charge in [0.25, 0.3) is 0 Å². The van der Waals surface area contributed by atoms with Crippen LogP contribution < -0.4 is 10.1 Å². The van der Waals surface area contributed by atoms with Gasteiger partial charge in [0.05, 0.1) is 6.54 Å². The normalized spacial score (nSPS) is 11.5. The van der Waals surface area contributed by atoms with Crippen molar-refractivity contribution in [3.8, 4) is 0 Å². The van der Waals surface area contributed by atoms with Gasteiger partial charge >= 0.3 is 0 Å². The number of anilines is 1. The predicted octanol–water partition coefficient (Wildman–Crippen LogP) is 4.86. The van der Waals surface area contributed by atoms with Crippen LogP contribution in [0.4, 0.5) is 5.69 Å². The number of benzene rings is 2. The molecule has 0 atom stereocenters. The van der Waals surface area contributed by atoms with Gasteiger partial charge in [0, 0.05) is 22.3 Å². The van der Waals surface area contributed by atoms with Crippen LogP contribution >= 0.6 is 35.2 Å². The second-order valence-corrected chi connectivity index (χ2v) is 6.98. The van der Waals surface area contributed by atoms with Gasteiger partial charge in [-0.05, 0) is 42.9 Å². The van der Waals surface area contributed by atoms with Crippen molar-refractivity contribution in [3.05, 3.63) is 81.1 Å². The zero-order valence-corrected chi connectivity index (χ0v) is 15.5. The van der Waals surface area contributed by atoms with Crippen LogP contribution in [-0.4, -0.2) is 9.68 Å². The van der Waals surface area contributed by atoms with Crippen LogP contribution in [0, 0.1) is 6.92 Å². The topological polar surface area (TPSA) is 29.3 Å². The van der Waals surface area contributed by atoms with E-state index >= 15 is 0 Å². The Bertz CT molecular complexity index is 910. The summed E-state index contributed by atoms with van der Waals surface area (Å²) >= 11 is 13.1. The van der Waals surface area contributed by atoms with E-state index in [1.54, 1.807) is 11.3 Å². The van der Waals surface area contributed by atoms with E-state index in [4.69, 9.17) is 23.8 Å². The third kappa shape index (κ3) is 4.32. The number of rotatable bonds is 3. The van der Waals surface area contributed by atoms with E-state index in [-0.39, 0.29) is 0 Å². The quantitative estimate of drug-likeness (QED) is 0.664. The number of thiocarbonyl (C=S) groups is 1. The third-order valence-electron chi connectivity index (χ3n) is 3.46. The van der Waals surface area contributed by atoms with Crippen LogP contribution in [0.1, 0.15) is 11.1 Å². The van der Waals surface area contributed by atoms with E-state index in [1.165, 1.54) is 5.56 Å². The first kappa shape index (κ1) is 16.9. The van der Waals surface area contributed by atoms with Crippen LogP contribution in [0.3, 0.4) is 0 Å². The lowest BCUT2D eigenvalue weighted by molar-refractivity contribution is 0.772. The Morgan fingerprint density at radius 1 is 1.21 bits per heavy atom. The van der Waals surface area contributed by atoms with Gasteiger partial charge in [-0.1, -0.05) is 47.5 Å². The molecule has 1 aromatic heterocycles. The molecule has 0 radical (unpaired) electrons. The van der Waals surface area contributed by atoms with E-state index < -0.39 is 0 Å². The van der Waals surface area contributed by atoms with Crippen LogP contribution in [-0.2, 0) is 6.54 Å². The first-order valence-corrected chi connectivity index (χ1v) is 9.08. The molecule has 1 heterocycles. The van der Waals surface area contributed by atoms with Gasteiger partial charge in [-0.2, -0.15) is 4.99 Å². The van der Waals surface area contributed by atoms with E-state index in [0.717, 1.165) is 21.1 Å². The molecule has 3 nitrogen and oxygen atoms in total. The fourth-order valence-corrected chi connectivity index (χ4v) is 3.38. The Labute approximate surface area is 155 Å². The van der Waals surface area contributed by atoms with E-state index in [0.29, 0.717) is 11.7 Å². The van der Waals surface area contributed by atoms with Crippen molar-refractivity contribution >= 4 is 46.0 Å². The summed E-state index contributed by atoms with van der Waals surface area (Å²) in [6.45, 7) is 2.71. The molecule has 1 N–H and O–H groups in total. The summed E-state index contributed by atoms with van der Waals surface area (Å²) in [6.07, 6.45) is 1.99. The number of thiazole rings is 1. The molecule has 3 rings (SSSR count). The Morgan fingerprint density at radius 2 is 1.96 bits per heavy atom. The first-order valence-electron chi connectivity index (χ1n) is 7.41. The molecular weight excluding hydrogens is 358 g/mol.